The van der Waals surface area contributed by atoms with E-state index in [1.54, 1.807) is 0 Å². The summed E-state index contributed by atoms with van der Waals surface area (Å²) in [6, 6.07) is 99.8. The number of aromatic nitrogens is 2. The standard InChI is InChI=1S/C66H44N2Si/c1-4-19-47(20-5-1)67-63-33-16-14-31-58(63)61-41-45(35-39-65(61)67)46-36-40-66-62(42-46)59-32-15-17-34-64(59)68(66)48-21-18-26-51(43-48)69(49-22-6-2-7-23-49,50-24-8-3-9-25-50)52-37-38-57-55-29-11-10-27-53(55)54-28-12-13-30-56(54)60(57)44-52/h1-44H. The fourth-order valence-electron chi connectivity index (χ4n) is 11.8. The SMILES string of the molecule is c1ccc(-n2c3ccccc3c3cc(-c4ccc5c(c4)c4ccccc4n5-c4cccc([Si](c5ccccc5)(c5ccccc5)c5ccc6c7ccccc7c7ccccc7c6c5)c4)ccc32)cc1. The molecule has 14 rings (SSSR count). The second kappa shape index (κ2) is 15.7. The van der Waals surface area contributed by atoms with Crippen LogP contribution in [0, 0.1) is 0 Å². The molecule has 0 radical (unpaired) electrons. The predicted octanol–water partition coefficient (Wildman–Crippen LogP) is 14.4. The number of rotatable bonds is 7. The van der Waals surface area contributed by atoms with Gasteiger partial charge in [0.15, 0.2) is 8.07 Å². The highest BCUT2D eigenvalue weighted by molar-refractivity contribution is 7.20. The molecule has 0 saturated heterocycles. The van der Waals surface area contributed by atoms with Crippen molar-refractivity contribution in [1.29, 1.82) is 0 Å². The van der Waals surface area contributed by atoms with Gasteiger partial charge in [-0.3, -0.25) is 0 Å². The van der Waals surface area contributed by atoms with Gasteiger partial charge in [0.25, 0.3) is 0 Å². The molecule has 322 valence electrons. The third-order valence-corrected chi connectivity index (χ3v) is 19.6. The zero-order chi connectivity index (χ0) is 45.5. The van der Waals surface area contributed by atoms with Crippen molar-refractivity contribution >= 4 is 105 Å². The van der Waals surface area contributed by atoms with Crippen LogP contribution in [0.5, 0.6) is 0 Å². The van der Waals surface area contributed by atoms with Crippen molar-refractivity contribution < 1.29 is 0 Å². The van der Waals surface area contributed by atoms with Crippen LogP contribution >= 0.6 is 0 Å². The third-order valence-electron chi connectivity index (χ3n) is 14.8. The largest absolute Gasteiger partial charge is 0.309 e. The number of hydrogen-bond donors (Lipinski definition) is 0. The Hall–Kier alpha value is -8.76. The Bertz CT molecular complexity index is 4230. The molecule has 0 aliphatic carbocycles. The summed E-state index contributed by atoms with van der Waals surface area (Å²) in [5.41, 5.74) is 9.54. The van der Waals surface area contributed by atoms with Crippen LogP contribution in [0.3, 0.4) is 0 Å². The summed E-state index contributed by atoms with van der Waals surface area (Å²) in [6.07, 6.45) is 0. The van der Waals surface area contributed by atoms with E-state index in [1.165, 1.54) is 113 Å². The summed E-state index contributed by atoms with van der Waals surface area (Å²) in [7, 11) is -2.98. The molecule has 0 N–H and O–H groups in total. The first-order chi connectivity index (χ1) is 34.2. The molecule has 3 heteroatoms. The Kier molecular flexibility index (Phi) is 8.95. The molecule has 0 spiro atoms. The minimum Gasteiger partial charge on any atom is -0.309 e. The molecule has 0 unspecified atom stereocenters. The van der Waals surface area contributed by atoms with Gasteiger partial charge in [0.2, 0.25) is 0 Å². The van der Waals surface area contributed by atoms with Crippen LogP contribution in [0.15, 0.2) is 267 Å². The van der Waals surface area contributed by atoms with Gasteiger partial charge in [0, 0.05) is 32.9 Å². The van der Waals surface area contributed by atoms with E-state index in [9.17, 15) is 0 Å². The van der Waals surface area contributed by atoms with Crippen LogP contribution in [-0.4, -0.2) is 17.2 Å². The lowest BCUT2D eigenvalue weighted by Crippen LogP contribution is -2.74. The molecule has 0 atom stereocenters. The van der Waals surface area contributed by atoms with Gasteiger partial charge >= 0.3 is 0 Å². The zero-order valence-corrected chi connectivity index (χ0v) is 38.8. The molecule has 0 bridgehead atoms. The molecule has 2 nitrogen and oxygen atoms in total. The molecule has 14 aromatic rings. The Morgan fingerprint density at radius 1 is 0.203 bits per heavy atom. The lowest BCUT2D eigenvalue weighted by molar-refractivity contribution is 1.18. The summed E-state index contributed by atoms with van der Waals surface area (Å²) in [4.78, 5) is 0. The van der Waals surface area contributed by atoms with E-state index in [0.29, 0.717) is 0 Å². The molecule has 2 aromatic heterocycles. The molecule has 0 fully saturated rings. The van der Waals surface area contributed by atoms with Gasteiger partial charge in [0.05, 0.1) is 22.1 Å². The minimum atomic E-state index is -2.98. The first-order valence-electron chi connectivity index (χ1n) is 23.9. The van der Waals surface area contributed by atoms with Crippen molar-refractivity contribution in [3.63, 3.8) is 0 Å². The van der Waals surface area contributed by atoms with Crippen LogP contribution in [0.1, 0.15) is 0 Å². The topological polar surface area (TPSA) is 9.86 Å². The van der Waals surface area contributed by atoms with Crippen molar-refractivity contribution in [2.45, 2.75) is 0 Å². The lowest BCUT2D eigenvalue weighted by Gasteiger charge is -2.35. The van der Waals surface area contributed by atoms with Crippen molar-refractivity contribution in [1.82, 2.24) is 9.13 Å². The van der Waals surface area contributed by atoms with Gasteiger partial charge in [-0.15, -0.1) is 0 Å². The number of fused-ring (bicyclic) bond motifs is 12. The molecular formula is C66H44N2Si. The second-order valence-corrected chi connectivity index (χ2v) is 22.2. The first-order valence-corrected chi connectivity index (χ1v) is 25.9. The normalized spacial score (nSPS) is 12.1. The molecule has 0 amide bonds. The number of benzene rings is 12. The maximum Gasteiger partial charge on any atom is 0.179 e. The summed E-state index contributed by atoms with van der Waals surface area (Å²) >= 11 is 0. The van der Waals surface area contributed by atoms with Crippen molar-refractivity contribution in [2.24, 2.45) is 0 Å². The lowest BCUT2D eigenvalue weighted by atomic mass is 9.94. The third kappa shape index (κ3) is 5.97. The molecule has 0 aliphatic rings. The van der Waals surface area contributed by atoms with Crippen LogP contribution in [-0.2, 0) is 0 Å². The van der Waals surface area contributed by atoms with Crippen molar-refractivity contribution in [2.75, 3.05) is 0 Å². The van der Waals surface area contributed by atoms with Crippen LogP contribution in [0.25, 0.3) is 98.4 Å². The van der Waals surface area contributed by atoms with E-state index >= 15 is 0 Å². The molecule has 0 aliphatic heterocycles. The van der Waals surface area contributed by atoms with Crippen LogP contribution < -0.4 is 20.7 Å². The Morgan fingerprint density at radius 3 is 1.12 bits per heavy atom. The van der Waals surface area contributed by atoms with E-state index in [1.807, 2.05) is 0 Å². The summed E-state index contributed by atoms with van der Waals surface area (Å²) in [5, 5.41) is 18.1. The average molecular weight is 893 g/mol. The van der Waals surface area contributed by atoms with Gasteiger partial charge in [-0.05, 0) is 125 Å². The van der Waals surface area contributed by atoms with Gasteiger partial charge in [-0.1, -0.05) is 206 Å². The Labute approximate surface area is 401 Å². The zero-order valence-electron chi connectivity index (χ0n) is 37.8. The highest BCUT2D eigenvalue weighted by Gasteiger charge is 2.42. The first kappa shape index (κ1) is 39.4. The quantitative estimate of drug-likeness (QED) is 0.0857. The maximum atomic E-state index is 2.54. The van der Waals surface area contributed by atoms with E-state index in [4.69, 9.17) is 0 Å². The van der Waals surface area contributed by atoms with E-state index in [2.05, 4.69) is 276 Å². The van der Waals surface area contributed by atoms with Gasteiger partial charge < -0.3 is 9.13 Å². The average Bonchev–Trinajstić information content (AvgIpc) is 3.94. The monoisotopic (exact) mass is 892 g/mol. The fourth-order valence-corrected chi connectivity index (χ4v) is 16.6. The predicted molar refractivity (Wildman–Crippen MR) is 297 cm³/mol. The van der Waals surface area contributed by atoms with Crippen molar-refractivity contribution in [3.8, 4) is 22.5 Å². The van der Waals surface area contributed by atoms with E-state index in [-0.39, 0.29) is 0 Å². The number of hydrogen-bond acceptors (Lipinski definition) is 0. The maximum absolute atomic E-state index is 2.98. The molecule has 69 heavy (non-hydrogen) atoms. The summed E-state index contributed by atoms with van der Waals surface area (Å²) in [6.45, 7) is 0. The highest BCUT2D eigenvalue weighted by Crippen LogP contribution is 2.39. The Balaban J connectivity index is 0.978. The number of nitrogens with zero attached hydrogens (tertiary/aromatic N) is 2. The van der Waals surface area contributed by atoms with E-state index < -0.39 is 8.07 Å². The van der Waals surface area contributed by atoms with E-state index in [0.717, 1.165) is 5.69 Å². The Morgan fingerprint density at radius 2 is 0.580 bits per heavy atom. The molecule has 2 heterocycles. The fraction of sp³-hybridized carbons (Fsp3) is 0. The van der Waals surface area contributed by atoms with Crippen LogP contribution in [0.2, 0.25) is 0 Å². The molecular weight excluding hydrogens is 849 g/mol. The van der Waals surface area contributed by atoms with Gasteiger partial charge in [-0.2, -0.15) is 0 Å². The number of para-hydroxylation sites is 3. The minimum absolute atomic E-state index is 1.16. The summed E-state index contributed by atoms with van der Waals surface area (Å²) < 4.78 is 4.88. The molecule has 12 aromatic carbocycles. The van der Waals surface area contributed by atoms with Crippen molar-refractivity contribution in [3.05, 3.63) is 267 Å². The van der Waals surface area contributed by atoms with Gasteiger partial charge in [0.1, 0.15) is 0 Å². The van der Waals surface area contributed by atoms with Gasteiger partial charge in [-0.25, -0.2) is 0 Å². The van der Waals surface area contributed by atoms with Crippen LogP contribution in [0.4, 0.5) is 0 Å². The second-order valence-electron chi connectivity index (χ2n) is 18.4. The molecule has 0 saturated carbocycles. The smallest absolute Gasteiger partial charge is 0.179 e. The highest BCUT2D eigenvalue weighted by atomic mass is 28.3. The summed E-state index contributed by atoms with van der Waals surface area (Å²) in [5.74, 6) is 0.